The van der Waals surface area contributed by atoms with E-state index in [1.54, 1.807) is 12.7 Å². The summed E-state index contributed by atoms with van der Waals surface area (Å²) in [6.07, 6.45) is 7.86. The number of ether oxygens (including phenoxy) is 1. The van der Waals surface area contributed by atoms with Gasteiger partial charge in [0.15, 0.2) is 0 Å². The van der Waals surface area contributed by atoms with Crippen LogP contribution in [0, 0.1) is 0 Å². The van der Waals surface area contributed by atoms with Gasteiger partial charge < -0.3 is 9.64 Å². The Morgan fingerprint density at radius 1 is 0.972 bits per heavy atom. The smallest absolute Gasteiger partial charge is 0.138 e. The molecule has 1 aliphatic carbocycles. The lowest BCUT2D eigenvalue weighted by Gasteiger charge is -2.42. The van der Waals surface area contributed by atoms with Gasteiger partial charge in [0.1, 0.15) is 12.7 Å². The fourth-order valence-corrected chi connectivity index (χ4v) is 6.58. The molecule has 4 aromatic rings. The van der Waals surface area contributed by atoms with Gasteiger partial charge in [0.25, 0.3) is 0 Å². The van der Waals surface area contributed by atoms with Gasteiger partial charge >= 0.3 is 0 Å². The van der Waals surface area contributed by atoms with Crippen LogP contribution in [-0.4, -0.2) is 58.5 Å². The van der Waals surface area contributed by atoms with Gasteiger partial charge in [-0.05, 0) is 78.4 Å². The Morgan fingerprint density at radius 3 is 2.75 bits per heavy atom. The molecule has 0 spiro atoms. The lowest BCUT2D eigenvalue weighted by molar-refractivity contribution is 0.0255. The number of rotatable bonds is 5. The first kappa shape index (κ1) is 22.0. The molecule has 0 N–H and O–H groups in total. The van der Waals surface area contributed by atoms with E-state index in [2.05, 4.69) is 75.3 Å². The second-order valence-electron chi connectivity index (χ2n) is 10.5. The maximum absolute atomic E-state index is 6.26. The van der Waals surface area contributed by atoms with Crippen molar-refractivity contribution in [1.29, 1.82) is 0 Å². The summed E-state index contributed by atoms with van der Waals surface area (Å²) in [4.78, 5) is 9.34. The van der Waals surface area contributed by atoms with Crippen LogP contribution >= 0.6 is 0 Å². The van der Waals surface area contributed by atoms with Crippen molar-refractivity contribution < 1.29 is 4.74 Å². The van der Waals surface area contributed by atoms with Gasteiger partial charge in [-0.3, -0.25) is 4.90 Å². The molecule has 3 aromatic carbocycles. The van der Waals surface area contributed by atoms with Crippen molar-refractivity contribution in [1.82, 2.24) is 19.7 Å². The summed E-state index contributed by atoms with van der Waals surface area (Å²) < 4.78 is 8.08. The van der Waals surface area contributed by atoms with Gasteiger partial charge in [-0.2, -0.15) is 5.10 Å². The molecule has 2 aliphatic heterocycles. The lowest BCUT2D eigenvalue weighted by atomic mass is 9.94. The molecule has 0 unspecified atom stereocenters. The lowest BCUT2D eigenvalue weighted by Crippen LogP contribution is -2.52. The van der Waals surface area contributed by atoms with Crippen LogP contribution in [0.1, 0.15) is 41.7 Å². The van der Waals surface area contributed by atoms with Crippen molar-refractivity contribution in [2.75, 3.05) is 37.7 Å². The summed E-state index contributed by atoms with van der Waals surface area (Å²) in [6, 6.07) is 18.7. The molecule has 0 amide bonds. The minimum atomic E-state index is 0.167. The fourth-order valence-electron chi connectivity index (χ4n) is 6.58. The highest BCUT2D eigenvalue weighted by atomic mass is 16.5. The first-order valence-electron chi connectivity index (χ1n) is 13.4. The summed E-state index contributed by atoms with van der Waals surface area (Å²) in [5, 5.41) is 7.24. The Hall–Kier alpha value is -3.22. The summed E-state index contributed by atoms with van der Waals surface area (Å²) >= 11 is 0. The molecule has 6 nitrogen and oxygen atoms in total. The Labute approximate surface area is 212 Å². The van der Waals surface area contributed by atoms with Crippen LogP contribution < -0.4 is 4.90 Å². The first-order chi connectivity index (χ1) is 17.7. The highest BCUT2D eigenvalue weighted by molar-refractivity contribution is 5.99. The predicted octanol–water partition coefficient (Wildman–Crippen LogP) is 4.73. The molecule has 0 saturated carbocycles. The van der Waals surface area contributed by atoms with E-state index in [0.29, 0.717) is 6.04 Å². The molecule has 3 heterocycles. The number of benzene rings is 3. The SMILES string of the molecule is C[C@@H]1CN(c2ccc3c4c(cccc24)CC3)CCN1CC[C@@H]1OCCc2cc(-n3cncn3)ccc21. The van der Waals surface area contributed by atoms with Gasteiger partial charge in [0.05, 0.1) is 18.4 Å². The van der Waals surface area contributed by atoms with Gasteiger partial charge in [0.2, 0.25) is 0 Å². The van der Waals surface area contributed by atoms with E-state index >= 15 is 0 Å². The van der Waals surface area contributed by atoms with E-state index in [-0.39, 0.29) is 6.10 Å². The largest absolute Gasteiger partial charge is 0.373 e. The third kappa shape index (κ3) is 3.80. The molecule has 3 aliphatic rings. The van der Waals surface area contributed by atoms with Crippen LogP contribution in [0.15, 0.2) is 61.2 Å². The van der Waals surface area contributed by atoms with E-state index in [0.717, 1.165) is 51.3 Å². The van der Waals surface area contributed by atoms with Crippen LogP contribution in [-0.2, 0) is 24.0 Å². The average Bonchev–Trinajstić information content (AvgIpc) is 3.60. The second-order valence-corrected chi connectivity index (χ2v) is 10.5. The van der Waals surface area contributed by atoms with Crippen LogP contribution in [0.4, 0.5) is 5.69 Å². The molecule has 0 bridgehead atoms. The Balaban J connectivity index is 1.03. The number of aromatic nitrogens is 3. The zero-order chi connectivity index (χ0) is 24.1. The standard InChI is InChI=1S/C30H33N5O/c1-21-18-34(28-10-7-23-6-5-22-3-2-4-27(28)30(22)23)15-14-33(21)13-11-29-26-9-8-25(35-20-31-19-32-35)17-24(26)12-16-36-29/h2-4,7-10,17,19-21,29H,5-6,11-16,18H2,1H3/t21-,29+/m1/s1. The number of fused-ring (bicyclic) bond motifs is 1. The molecule has 2 atom stereocenters. The number of piperazine rings is 1. The van der Waals surface area contributed by atoms with Crippen LogP contribution in [0.5, 0.6) is 0 Å². The normalized spacial score (nSPS) is 21.8. The highest BCUT2D eigenvalue weighted by Crippen LogP contribution is 2.37. The number of aryl methyl sites for hydroxylation is 2. The number of nitrogens with zero attached hydrogens (tertiary/aromatic N) is 5. The molecule has 6 heteroatoms. The van der Waals surface area contributed by atoms with E-state index in [1.807, 2.05) is 4.68 Å². The summed E-state index contributed by atoms with van der Waals surface area (Å²) in [7, 11) is 0. The van der Waals surface area contributed by atoms with Crippen molar-refractivity contribution in [2.45, 2.75) is 44.8 Å². The molecular weight excluding hydrogens is 446 g/mol. The monoisotopic (exact) mass is 479 g/mol. The van der Waals surface area contributed by atoms with Gasteiger partial charge in [-0.25, -0.2) is 9.67 Å². The minimum Gasteiger partial charge on any atom is -0.373 e. The molecule has 36 heavy (non-hydrogen) atoms. The molecular formula is C30H33N5O. The van der Waals surface area contributed by atoms with Crippen LogP contribution in [0.3, 0.4) is 0 Å². The van der Waals surface area contributed by atoms with Gasteiger partial charge in [-0.15, -0.1) is 0 Å². The summed E-state index contributed by atoms with van der Waals surface area (Å²) in [6.45, 7) is 7.47. The molecule has 0 radical (unpaired) electrons. The Bertz CT molecular complexity index is 1390. The van der Waals surface area contributed by atoms with E-state index in [4.69, 9.17) is 4.74 Å². The molecule has 184 valence electrons. The van der Waals surface area contributed by atoms with Crippen molar-refractivity contribution in [2.24, 2.45) is 0 Å². The second kappa shape index (κ2) is 9.02. The van der Waals surface area contributed by atoms with Crippen LogP contribution in [0.25, 0.3) is 16.5 Å². The molecule has 1 fully saturated rings. The van der Waals surface area contributed by atoms with E-state index in [1.165, 1.54) is 51.6 Å². The maximum atomic E-state index is 6.26. The molecule has 1 aromatic heterocycles. The topological polar surface area (TPSA) is 46.4 Å². The maximum Gasteiger partial charge on any atom is 0.138 e. The van der Waals surface area contributed by atoms with Crippen molar-refractivity contribution in [3.63, 3.8) is 0 Å². The van der Waals surface area contributed by atoms with Crippen molar-refractivity contribution >= 4 is 16.5 Å². The number of hydrogen-bond donors (Lipinski definition) is 0. The van der Waals surface area contributed by atoms with E-state index < -0.39 is 0 Å². The number of hydrogen-bond acceptors (Lipinski definition) is 5. The zero-order valence-corrected chi connectivity index (χ0v) is 20.9. The average molecular weight is 480 g/mol. The molecule has 7 rings (SSSR count). The third-order valence-electron chi connectivity index (χ3n) is 8.49. The Kier molecular flexibility index (Phi) is 5.51. The van der Waals surface area contributed by atoms with E-state index in [9.17, 15) is 0 Å². The predicted molar refractivity (Wildman–Crippen MR) is 143 cm³/mol. The van der Waals surface area contributed by atoms with Gasteiger partial charge in [-0.1, -0.05) is 30.3 Å². The highest BCUT2D eigenvalue weighted by Gasteiger charge is 2.28. The number of anilines is 1. The van der Waals surface area contributed by atoms with Crippen LogP contribution in [0.2, 0.25) is 0 Å². The zero-order valence-electron chi connectivity index (χ0n) is 20.9. The Morgan fingerprint density at radius 2 is 1.89 bits per heavy atom. The molecule has 1 saturated heterocycles. The minimum absolute atomic E-state index is 0.167. The summed E-state index contributed by atoms with van der Waals surface area (Å²) in [5.74, 6) is 0. The quantitative estimate of drug-likeness (QED) is 0.414. The van der Waals surface area contributed by atoms with Crippen molar-refractivity contribution in [3.05, 3.63) is 83.4 Å². The first-order valence-corrected chi connectivity index (χ1v) is 13.4. The fraction of sp³-hybridized carbons (Fsp3) is 0.400. The third-order valence-corrected chi connectivity index (χ3v) is 8.49. The van der Waals surface area contributed by atoms with Crippen molar-refractivity contribution in [3.8, 4) is 5.69 Å². The summed E-state index contributed by atoms with van der Waals surface area (Å²) in [5.41, 5.74) is 8.25. The van der Waals surface area contributed by atoms with Gasteiger partial charge in [0, 0.05) is 43.3 Å².